The van der Waals surface area contributed by atoms with Crippen LogP contribution in [-0.4, -0.2) is 53.0 Å². The first-order valence-corrected chi connectivity index (χ1v) is 8.61. The minimum Gasteiger partial charge on any atom is -0.496 e. The molecule has 0 bridgehead atoms. The van der Waals surface area contributed by atoms with Crippen LogP contribution in [0.15, 0.2) is 18.2 Å². The van der Waals surface area contributed by atoms with Crippen molar-refractivity contribution in [3.05, 3.63) is 40.7 Å². The van der Waals surface area contributed by atoms with Gasteiger partial charge in [-0.15, -0.1) is 0 Å². The first-order valence-electron chi connectivity index (χ1n) is 8.61. The Morgan fingerprint density at radius 1 is 1.32 bits per heavy atom. The Kier molecular flexibility index (Phi) is 3.95. The van der Waals surface area contributed by atoms with Gasteiger partial charge in [0.25, 0.3) is 5.91 Å². The number of aromatic amines is 1. The molecular formula is C18H22N4O3. The van der Waals surface area contributed by atoms with Crippen LogP contribution in [0.4, 0.5) is 0 Å². The van der Waals surface area contributed by atoms with Crippen LogP contribution in [-0.2, 0) is 16.8 Å². The highest BCUT2D eigenvalue weighted by Crippen LogP contribution is 2.45. The molecule has 7 heteroatoms. The van der Waals surface area contributed by atoms with E-state index in [9.17, 15) is 4.79 Å². The summed E-state index contributed by atoms with van der Waals surface area (Å²) in [6, 6.07) is 6.17. The van der Waals surface area contributed by atoms with Crippen molar-refractivity contribution in [1.29, 1.82) is 0 Å². The molecule has 1 fully saturated rings. The Labute approximate surface area is 146 Å². The van der Waals surface area contributed by atoms with Crippen LogP contribution in [0, 0.1) is 6.92 Å². The smallest absolute Gasteiger partial charge is 0.276 e. The van der Waals surface area contributed by atoms with Crippen molar-refractivity contribution in [3.63, 3.8) is 0 Å². The zero-order valence-electron chi connectivity index (χ0n) is 14.5. The second-order valence-corrected chi connectivity index (χ2v) is 6.64. The number of aryl methyl sites for hydroxylation is 1. The number of piperidine rings is 1. The number of H-pyrrole nitrogens is 1. The predicted octanol–water partition coefficient (Wildman–Crippen LogP) is 1.83. The fraction of sp³-hybridized carbons (Fsp3) is 0.500. The fourth-order valence-corrected chi connectivity index (χ4v) is 4.00. The summed E-state index contributed by atoms with van der Waals surface area (Å²) >= 11 is 0. The van der Waals surface area contributed by atoms with Gasteiger partial charge in [-0.05, 0) is 37.8 Å². The van der Waals surface area contributed by atoms with Gasteiger partial charge >= 0.3 is 0 Å². The maximum absolute atomic E-state index is 12.7. The van der Waals surface area contributed by atoms with Crippen LogP contribution < -0.4 is 4.74 Å². The second kappa shape index (κ2) is 6.15. The van der Waals surface area contributed by atoms with Crippen molar-refractivity contribution in [1.82, 2.24) is 20.3 Å². The van der Waals surface area contributed by atoms with Gasteiger partial charge in [-0.3, -0.25) is 4.79 Å². The lowest BCUT2D eigenvalue weighted by Gasteiger charge is -2.45. The predicted molar refractivity (Wildman–Crippen MR) is 90.6 cm³/mol. The Balaban J connectivity index is 1.59. The van der Waals surface area contributed by atoms with Gasteiger partial charge in [-0.25, -0.2) is 0 Å². The number of hydrogen-bond acceptors (Lipinski definition) is 5. The fourth-order valence-electron chi connectivity index (χ4n) is 4.00. The number of nitrogens with zero attached hydrogens (tertiary/aromatic N) is 3. The van der Waals surface area contributed by atoms with Gasteiger partial charge in [0.05, 0.1) is 19.4 Å². The molecule has 132 valence electrons. The average Bonchev–Trinajstić information content (AvgIpc) is 3.07. The van der Waals surface area contributed by atoms with E-state index in [0.29, 0.717) is 31.1 Å². The Morgan fingerprint density at radius 3 is 2.80 bits per heavy atom. The van der Waals surface area contributed by atoms with E-state index in [1.807, 2.05) is 17.0 Å². The van der Waals surface area contributed by atoms with Crippen molar-refractivity contribution in [2.24, 2.45) is 0 Å². The number of rotatable bonds is 2. The Bertz CT molecular complexity index is 779. The summed E-state index contributed by atoms with van der Waals surface area (Å²) in [5.41, 5.74) is 3.12. The van der Waals surface area contributed by atoms with Crippen molar-refractivity contribution in [3.8, 4) is 5.75 Å². The number of carbonyl (C=O) groups excluding carboxylic acids is 1. The molecule has 0 radical (unpaired) electrons. The summed E-state index contributed by atoms with van der Waals surface area (Å²) in [5.74, 6) is 0.807. The van der Waals surface area contributed by atoms with Gasteiger partial charge in [0, 0.05) is 18.7 Å². The molecule has 3 heterocycles. The van der Waals surface area contributed by atoms with Crippen molar-refractivity contribution in [2.45, 2.75) is 31.8 Å². The third kappa shape index (κ3) is 2.59. The van der Waals surface area contributed by atoms with Gasteiger partial charge in [0.1, 0.15) is 11.4 Å². The zero-order valence-corrected chi connectivity index (χ0v) is 14.5. The lowest BCUT2D eigenvalue weighted by molar-refractivity contribution is -0.0947. The van der Waals surface area contributed by atoms with Gasteiger partial charge in [-0.2, -0.15) is 15.4 Å². The van der Waals surface area contributed by atoms with E-state index in [1.54, 1.807) is 14.0 Å². The van der Waals surface area contributed by atoms with E-state index in [-0.39, 0.29) is 11.5 Å². The number of fused-ring (bicyclic) bond motifs is 2. The molecule has 0 unspecified atom stereocenters. The number of benzene rings is 1. The molecule has 0 saturated carbocycles. The third-order valence-electron chi connectivity index (χ3n) is 5.32. The molecular weight excluding hydrogens is 320 g/mol. The van der Waals surface area contributed by atoms with Crippen LogP contribution in [0.1, 0.15) is 40.2 Å². The number of nitrogens with one attached hydrogen (secondary N) is 1. The van der Waals surface area contributed by atoms with Crippen LogP contribution >= 0.6 is 0 Å². The molecule has 1 N–H and O–H groups in total. The SMILES string of the molecule is COc1cccc2c1C1(CCN(C(=O)c3n[nH]nc3C)CC1)OCC2. The molecule has 1 aromatic carbocycles. The van der Waals surface area contributed by atoms with Crippen molar-refractivity contribution >= 4 is 5.91 Å². The highest BCUT2D eigenvalue weighted by Gasteiger charge is 2.44. The number of carbonyl (C=O) groups is 1. The summed E-state index contributed by atoms with van der Waals surface area (Å²) in [7, 11) is 1.70. The van der Waals surface area contributed by atoms with Crippen LogP contribution in [0.2, 0.25) is 0 Å². The lowest BCUT2D eigenvalue weighted by atomic mass is 9.78. The molecule has 2 aromatic rings. The molecule has 25 heavy (non-hydrogen) atoms. The average molecular weight is 342 g/mol. The molecule has 7 nitrogen and oxygen atoms in total. The van der Waals surface area contributed by atoms with Crippen molar-refractivity contribution in [2.75, 3.05) is 26.8 Å². The molecule has 0 aliphatic carbocycles. The number of likely N-dealkylation sites (tertiary alicyclic amines) is 1. The van der Waals surface area contributed by atoms with Crippen molar-refractivity contribution < 1.29 is 14.3 Å². The van der Waals surface area contributed by atoms with E-state index in [0.717, 1.165) is 30.6 Å². The van der Waals surface area contributed by atoms with E-state index in [4.69, 9.17) is 9.47 Å². The highest BCUT2D eigenvalue weighted by atomic mass is 16.5. The van der Waals surface area contributed by atoms with Gasteiger partial charge in [0.15, 0.2) is 5.69 Å². The standard InChI is InChI=1S/C18H22N4O3/c1-12-16(20-21-19-12)17(23)22-9-7-18(8-10-22)15-13(6-11-25-18)4-3-5-14(15)24-2/h3-5H,6-11H2,1-2H3,(H,19,20,21). The maximum atomic E-state index is 12.7. The highest BCUT2D eigenvalue weighted by molar-refractivity contribution is 5.93. The van der Waals surface area contributed by atoms with E-state index >= 15 is 0 Å². The van der Waals surface area contributed by atoms with Gasteiger partial charge < -0.3 is 14.4 Å². The van der Waals surface area contributed by atoms with Crippen LogP contribution in [0.25, 0.3) is 0 Å². The summed E-state index contributed by atoms with van der Waals surface area (Å²) in [6.07, 6.45) is 2.40. The Hall–Kier alpha value is -2.41. The quantitative estimate of drug-likeness (QED) is 0.900. The lowest BCUT2D eigenvalue weighted by Crippen LogP contribution is -2.48. The minimum atomic E-state index is -0.365. The zero-order chi connectivity index (χ0) is 17.4. The number of aromatic nitrogens is 3. The van der Waals surface area contributed by atoms with E-state index in [1.165, 1.54) is 5.56 Å². The number of hydrogen-bond donors (Lipinski definition) is 1. The van der Waals surface area contributed by atoms with Gasteiger partial charge in [-0.1, -0.05) is 12.1 Å². The van der Waals surface area contributed by atoms with Crippen LogP contribution in [0.5, 0.6) is 5.75 Å². The Morgan fingerprint density at radius 2 is 2.12 bits per heavy atom. The largest absolute Gasteiger partial charge is 0.496 e. The molecule has 1 spiro atoms. The van der Waals surface area contributed by atoms with E-state index in [2.05, 4.69) is 21.5 Å². The number of ether oxygens (including phenoxy) is 2. The molecule has 1 aromatic heterocycles. The number of amides is 1. The first kappa shape index (κ1) is 16.1. The molecule has 2 aliphatic heterocycles. The molecule has 0 atom stereocenters. The van der Waals surface area contributed by atoms with E-state index < -0.39 is 0 Å². The first-order chi connectivity index (χ1) is 12.1. The summed E-state index contributed by atoms with van der Waals surface area (Å²) in [4.78, 5) is 14.5. The maximum Gasteiger partial charge on any atom is 0.276 e. The molecule has 1 amide bonds. The minimum absolute atomic E-state index is 0.0721. The number of methoxy groups -OCH3 is 1. The summed E-state index contributed by atoms with van der Waals surface area (Å²) in [6.45, 7) is 3.75. The van der Waals surface area contributed by atoms with Gasteiger partial charge in [0.2, 0.25) is 0 Å². The third-order valence-corrected chi connectivity index (χ3v) is 5.32. The molecule has 1 saturated heterocycles. The second-order valence-electron chi connectivity index (χ2n) is 6.64. The molecule has 4 rings (SSSR count). The normalized spacial score (nSPS) is 18.9. The summed E-state index contributed by atoms with van der Waals surface area (Å²) < 4.78 is 11.9. The topological polar surface area (TPSA) is 80.3 Å². The summed E-state index contributed by atoms with van der Waals surface area (Å²) in [5, 5.41) is 10.4. The molecule has 2 aliphatic rings. The van der Waals surface area contributed by atoms with Crippen LogP contribution in [0.3, 0.4) is 0 Å². The monoisotopic (exact) mass is 342 g/mol.